The van der Waals surface area contributed by atoms with Crippen molar-refractivity contribution in [2.24, 2.45) is 5.92 Å². The first-order valence-electron chi connectivity index (χ1n) is 12.0. The Morgan fingerprint density at radius 1 is 1.03 bits per heavy atom. The molecule has 0 spiro atoms. The predicted molar refractivity (Wildman–Crippen MR) is 136 cm³/mol. The summed E-state index contributed by atoms with van der Waals surface area (Å²) in [5.41, 5.74) is 1.28. The van der Waals surface area contributed by atoms with Gasteiger partial charge in [0, 0.05) is 25.1 Å². The second-order valence-electron chi connectivity index (χ2n) is 9.14. The number of nitrogens with zero attached hydrogens (tertiary/aromatic N) is 1. The number of amides is 2. The van der Waals surface area contributed by atoms with Gasteiger partial charge in [-0.25, -0.2) is 0 Å². The number of carbonyl (C=O) groups excluding carboxylic acids is 2. The van der Waals surface area contributed by atoms with Crippen LogP contribution in [0.1, 0.15) is 55.6 Å². The molecule has 1 heterocycles. The Balaban J connectivity index is 2.04. The van der Waals surface area contributed by atoms with Gasteiger partial charge in [0.05, 0.1) is 31.9 Å². The molecule has 7 nitrogen and oxygen atoms in total. The Labute approximate surface area is 208 Å². The maximum atomic E-state index is 13.6. The van der Waals surface area contributed by atoms with Gasteiger partial charge in [0.15, 0.2) is 0 Å². The molecule has 188 valence electrons. The molecule has 0 bridgehead atoms. The fourth-order valence-electron chi connectivity index (χ4n) is 4.40. The van der Waals surface area contributed by atoms with E-state index in [0.29, 0.717) is 35.7 Å². The maximum absolute atomic E-state index is 13.6. The Morgan fingerprint density at radius 2 is 1.74 bits per heavy atom. The third-order valence-electron chi connectivity index (χ3n) is 6.22. The van der Waals surface area contributed by atoms with Gasteiger partial charge < -0.3 is 24.4 Å². The summed E-state index contributed by atoms with van der Waals surface area (Å²) in [5, 5.41) is 3.18. The summed E-state index contributed by atoms with van der Waals surface area (Å²) in [6, 6.07) is 11.7. The van der Waals surface area contributed by atoms with Crippen LogP contribution < -0.4 is 19.5 Å². The van der Waals surface area contributed by atoms with Crippen molar-refractivity contribution in [2.75, 3.05) is 21.3 Å². The number of likely N-dealkylation sites (N-methyl/N-ethyl adjacent to an activating group) is 1. The number of fused-ring (bicyclic) bond motifs is 1. The average molecular weight is 481 g/mol. The number of rotatable bonds is 4. The summed E-state index contributed by atoms with van der Waals surface area (Å²) >= 11 is 0. The first kappa shape index (κ1) is 26.1. The molecule has 0 fully saturated rings. The average Bonchev–Trinajstić information content (AvgIpc) is 2.84. The Hall–Kier alpha value is -3.48. The Bertz CT molecular complexity index is 1070. The fourth-order valence-corrected chi connectivity index (χ4v) is 4.40. The van der Waals surface area contributed by atoms with E-state index in [-0.39, 0.29) is 29.9 Å². The first-order chi connectivity index (χ1) is 16.8. The van der Waals surface area contributed by atoms with E-state index in [0.717, 1.165) is 5.56 Å². The highest BCUT2D eigenvalue weighted by Gasteiger charge is 2.33. The van der Waals surface area contributed by atoms with Crippen LogP contribution in [0, 0.1) is 5.92 Å². The summed E-state index contributed by atoms with van der Waals surface area (Å²) in [6.45, 7) is 5.85. The van der Waals surface area contributed by atoms with Gasteiger partial charge in [0.1, 0.15) is 23.3 Å². The molecule has 0 unspecified atom stereocenters. The van der Waals surface area contributed by atoms with E-state index in [2.05, 4.69) is 5.32 Å². The topological polar surface area (TPSA) is 77.1 Å². The van der Waals surface area contributed by atoms with Gasteiger partial charge in [-0.2, -0.15) is 0 Å². The van der Waals surface area contributed by atoms with E-state index in [1.54, 1.807) is 45.5 Å². The van der Waals surface area contributed by atoms with E-state index >= 15 is 0 Å². The molecule has 2 aromatic rings. The molecule has 0 aliphatic carbocycles. The monoisotopic (exact) mass is 480 g/mol. The molecule has 35 heavy (non-hydrogen) atoms. The van der Waals surface area contributed by atoms with Crippen LogP contribution in [0.2, 0.25) is 0 Å². The Morgan fingerprint density at radius 3 is 2.43 bits per heavy atom. The third kappa shape index (κ3) is 6.15. The molecule has 1 aliphatic rings. The number of para-hydroxylation sites is 1. The highest BCUT2D eigenvalue weighted by Crippen LogP contribution is 2.32. The van der Waals surface area contributed by atoms with Crippen LogP contribution in [0.4, 0.5) is 0 Å². The predicted octanol–water partition coefficient (Wildman–Crippen LogP) is 4.78. The summed E-state index contributed by atoms with van der Waals surface area (Å²) in [6.07, 6.45) is 5.18. The molecule has 0 radical (unpaired) electrons. The molecule has 2 amide bonds. The molecule has 1 N–H and O–H groups in total. The molecule has 2 aromatic carbocycles. The van der Waals surface area contributed by atoms with Crippen molar-refractivity contribution in [1.29, 1.82) is 0 Å². The highest BCUT2D eigenvalue weighted by molar-refractivity contribution is 5.99. The zero-order valence-corrected chi connectivity index (χ0v) is 21.4. The Kier molecular flexibility index (Phi) is 8.79. The molecule has 1 aliphatic heterocycles. The second-order valence-corrected chi connectivity index (χ2v) is 9.14. The van der Waals surface area contributed by atoms with Gasteiger partial charge in [0.25, 0.3) is 5.91 Å². The first-order valence-corrected chi connectivity index (χ1v) is 12.0. The molecule has 3 atom stereocenters. The summed E-state index contributed by atoms with van der Waals surface area (Å²) in [4.78, 5) is 28.7. The van der Waals surface area contributed by atoms with E-state index < -0.39 is 6.04 Å². The molecular formula is C28H36N2O5. The van der Waals surface area contributed by atoms with Gasteiger partial charge in [0.2, 0.25) is 5.91 Å². The zero-order valence-electron chi connectivity index (χ0n) is 21.4. The van der Waals surface area contributed by atoms with Crippen LogP contribution in [0.3, 0.4) is 0 Å². The normalized spacial score (nSPS) is 22.5. The minimum atomic E-state index is -0.674. The SMILES string of the molecule is COc1ccc([C@H]2C/C=C\C[C@@H](C)Oc3ccccc3C(=O)N(C)[C@@H](C(C)C)C(=O)N2)c(OC)c1. The van der Waals surface area contributed by atoms with Crippen LogP contribution in [-0.2, 0) is 4.79 Å². The van der Waals surface area contributed by atoms with Gasteiger partial charge in [-0.15, -0.1) is 0 Å². The number of hydrogen-bond acceptors (Lipinski definition) is 5. The number of benzene rings is 2. The molecule has 0 saturated heterocycles. The third-order valence-corrected chi connectivity index (χ3v) is 6.22. The zero-order chi connectivity index (χ0) is 25.5. The number of ether oxygens (including phenoxy) is 3. The molecule has 3 rings (SSSR count). The largest absolute Gasteiger partial charge is 0.497 e. The van der Waals surface area contributed by atoms with Crippen molar-refractivity contribution in [2.45, 2.75) is 51.8 Å². The summed E-state index contributed by atoms with van der Waals surface area (Å²) < 4.78 is 17.1. The maximum Gasteiger partial charge on any atom is 0.258 e. The van der Waals surface area contributed by atoms with Crippen LogP contribution in [0.5, 0.6) is 17.2 Å². The van der Waals surface area contributed by atoms with Crippen molar-refractivity contribution in [1.82, 2.24) is 10.2 Å². The number of methoxy groups -OCH3 is 2. The highest BCUT2D eigenvalue weighted by atomic mass is 16.5. The standard InChI is InChI=1S/C28H36N2O5/c1-18(2)26-27(31)29-23(21-16-15-20(33-5)17-25(21)34-6)13-9-7-11-19(3)35-24-14-10-8-12-22(24)28(32)30(26)4/h7-10,12,14-19,23,26H,11,13H2,1-6H3,(H,29,31)/b9-7-/t19-,23-,26+/m1/s1. The quantitative estimate of drug-likeness (QED) is 0.638. The van der Waals surface area contributed by atoms with E-state index in [1.807, 2.05) is 51.1 Å². The van der Waals surface area contributed by atoms with Crippen LogP contribution in [0.15, 0.2) is 54.6 Å². The lowest BCUT2D eigenvalue weighted by Gasteiger charge is -2.32. The fraction of sp³-hybridized carbons (Fsp3) is 0.429. The van der Waals surface area contributed by atoms with Crippen molar-refractivity contribution in [3.05, 3.63) is 65.7 Å². The van der Waals surface area contributed by atoms with Crippen LogP contribution in [-0.4, -0.2) is 50.1 Å². The van der Waals surface area contributed by atoms with Crippen molar-refractivity contribution in [3.8, 4) is 17.2 Å². The number of hydrogen-bond donors (Lipinski definition) is 1. The smallest absolute Gasteiger partial charge is 0.258 e. The van der Waals surface area contributed by atoms with Gasteiger partial charge in [-0.05, 0) is 43.5 Å². The molecule has 0 saturated carbocycles. The van der Waals surface area contributed by atoms with E-state index in [1.165, 1.54) is 4.90 Å². The lowest BCUT2D eigenvalue weighted by molar-refractivity contribution is -0.127. The number of carbonyl (C=O) groups is 2. The minimum absolute atomic E-state index is 0.113. The summed E-state index contributed by atoms with van der Waals surface area (Å²) in [5.74, 6) is 1.22. The van der Waals surface area contributed by atoms with Gasteiger partial charge >= 0.3 is 0 Å². The van der Waals surface area contributed by atoms with Gasteiger partial charge in [-0.1, -0.05) is 38.1 Å². The van der Waals surface area contributed by atoms with Crippen molar-refractivity contribution in [3.63, 3.8) is 0 Å². The van der Waals surface area contributed by atoms with Crippen LogP contribution >= 0.6 is 0 Å². The second kappa shape index (κ2) is 11.8. The lowest BCUT2D eigenvalue weighted by Crippen LogP contribution is -2.51. The molecular weight excluding hydrogens is 444 g/mol. The minimum Gasteiger partial charge on any atom is -0.497 e. The van der Waals surface area contributed by atoms with E-state index in [9.17, 15) is 9.59 Å². The van der Waals surface area contributed by atoms with Crippen LogP contribution in [0.25, 0.3) is 0 Å². The van der Waals surface area contributed by atoms with Crippen molar-refractivity contribution < 1.29 is 23.8 Å². The molecule has 0 aromatic heterocycles. The number of nitrogens with one attached hydrogen (secondary N) is 1. The lowest BCUT2D eigenvalue weighted by atomic mass is 9.97. The van der Waals surface area contributed by atoms with E-state index in [4.69, 9.17) is 14.2 Å². The summed E-state index contributed by atoms with van der Waals surface area (Å²) in [7, 11) is 4.86. The van der Waals surface area contributed by atoms with Crippen molar-refractivity contribution >= 4 is 11.8 Å². The van der Waals surface area contributed by atoms with Gasteiger partial charge in [-0.3, -0.25) is 9.59 Å². The molecule has 7 heteroatoms.